The summed E-state index contributed by atoms with van der Waals surface area (Å²) in [5.74, 6) is 0.143. The number of carbonyl (C=O) groups is 1. The maximum Gasteiger partial charge on any atom is 0.273 e. The number of nitrogens with one attached hydrogen (secondary N) is 1. The summed E-state index contributed by atoms with van der Waals surface area (Å²) in [7, 11) is 0. The molecule has 130 valence electrons. The van der Waals surface area contributed by atoms with Gasteiger partial charge in [0.15, 0.2) is 5.69 Å². The fraction of sp³-hybridized carbons (Fsp3) is 0.474. The Morgan fingerprint density at radius 3 is 2.62 bits per heavy atom. The van der Waals surface area contributed by atoms with Gasteiger partial charge in [0.05, 0.1) is 0 Å². The van der Waals surface area contributed by atoms with E-state index >= 15 is 0 Å². The van der Waals surface area contributed by atoms with Crippen LogP contribution in [0.3, 0.4) is 0 Å². The molecule has 1 atom stereocenters. The molecule has 0 saturated heterocycles. The predicted molar refractivity (Wildman–Crippen MR) is 94.7 cm³/mol. The first kappa shape index (κ1) is 18.2. The van der Waals surface area contributed by atoms with E-state index < -0.39 is 6.04 Å². The summed E-state index contributed by atoms with van der Waals surface area (Å²) in [4.78, 5) is 16.3. The summed E-state index contributed by atoms with van der Waals surface area (Å²) in [6, 6.07) is 9.09. The maximum absolute atomic E-state index is 12.1. The zero-order valence-corrected chi connectivity index (χ0v) is 14.3. The topological polar surface area (TPSA) is 81.2 Å². The van der Waals surface area contributed by atoms with Crippen molar-refractivity contribution in [2.24, 2.45) is 5.73 Å². The highest BCUT2D eigenvalue weighted by atomic mass is 16.3. The molecule has 1 heterocycles. The molecule has 0 bridgehead atoms. The molecule has 0 aliphatic carbocycles. The van der Waals surface area contributed by atoms with E-state index in [1.165, 1.54) is 31.9 Å². The van der Waals surface area contributed by atoms with E-state index in [9.17, 15) is 4.79 Å². The maximum atomic E-state index is 12.1. The molecule has 0 aliphatic rings. The number of oxazole rings is 1. The number of hydrogen-bond acceptors (Lipinski definition) is 4. The summed E-state index contributed by atoms with van der Waals surface area (Å²) in [5, 5.41) is 2.88. The number of hydrogen-bond donors (Lipinski definition) is 2. The number of rotatable bonds is 10. The molecule has 1 aromatic carbocycles. The Labute approximate surface area is 143 Å². The van der Waals surface area contributed by atoms with Gasteiger partial charge in [-0.15, -0.1) is 0 Å². The van der Waals surface area contributed by atoms with E-state index in [-0.39, 0.29) is 11.6 Å². The molecule has 1 amide bonds. The van der Waals surface area contributed by atoms with Crippen LogP contribution in [0, 0.1) is 0 Å². The molecule has 5 nitrogen and oxygen atoms in total. The summed E-state index contributed by atoms with van der Waals surface area (Å²) < 4.78 is 5.38. The lowest BCUT2D eigenvalue weighted by atomic mass is 10.1. The Morgan fingerprint density at radius 1 is 1.17 bits per heavy atom. The van der Waals surface area contributed by atoms with Gasteiger partial charge in [-0.2, -0.15) is 0 Å². The van der Waals surface area contributed by atoms with Gasteiger partial charge < -0.3 is 15.5 Å². The molecule has 0 aliphatic heterocycles. The number of amides is 1. The first-order valence-electron chi connectivity index (χ1n) is 8.76. The van der Waals surface area contributed by atoms with Crippen LogP contribution in [0.2, 0.25) is 0 Å². The highest BCUT2D eigenvalue weighted by molar-refractivity contribution is 5.91. The molecule has 24 heavy (non-hydrogen) atoms. The van der Waals surface area contributed by atoms with Gasteiger partial charge in [-0.25, -0.2) is 4.98 Å². The van der Waals surface area contributed by atoms with Crippen LogP contribution in [0.5, 0.6) is 0 Å². The number of aromatic nitrogens is 1. The first-order valence-corrected chi connectivity index (χ1v) is 8.76. The van der Waals surface area contributed by atoms with Gasteiger partial charge in [-0.1, -0.05) is 69.4 Å². The van der Waals surface area contributed by atoms with Gasteiger partial charge in [-0.3, -0.25) is 4.79 Å². The molecule has 2 rings (SSSR count). The fourth-order valence-corrected chi connectivity index (χ4v) is 2.54. The fourth-order valence-electron chi connectivity index (χ4n) is 2.54. The van der Waals surface area contributed by atoms with Crippen LogP contribution in [0.4, 0.5) is 0 Å². The average Bonchev–Trinajstić information content (AvgIpc) is 3.11. The lowest BCUT2D eigenvalue weighted by Crippen LogP contribution is -2.25. The molecular weight excluding hydrogens is 302 g/mol. The van der Waals surface area contributed by atoms with Crippen LogP contribution in [0.15, 0.2) is 41.0 Å². The zero-order chi connectivity index (χ0) is 17.2. The predicted octanol–water partition coefficient (Wildman–Crippen LogP) is 3.81. The molecule has 0 fully saturated rings. The van der Waals surface area contributed by atoms with Crippen molar-refractivity contribution < 1.29 is 9.21 Å². The molecule has 3 N–H and O–H groups in total. The normalized spacial score (nSPS) is 12.1. The lowest BCUT2D eigenvalue weighted by molar-refractivity contribution is 0.0948. The highest BCUT2D eigenvalue weighted by Gasteiger charge is 2.17. The smallest absolute Gasteiger partial charge is 0.273 e. The first-order chi connectivity index (χ1) is 11.7. The summed E-state index contributed by atoms with van der Waals surface area (Å²) in [5.41, 5.74) is 7.30. The van der Waals surface area contributed by atoms with Gasteiger partial charge >= 0.3 is 0 Å². The Hall–Kier alpha value is -2.14. The Morgan fingerprint density at radius 2 is 1.88 bits per heavy atom. The van der Waals surface area contributed by atoms with E-state index in [0.717, 1.165) is 18.4 Å². The molecule has 5 heteroatoms. The van der Waals surface area contributed by atoms with Crippen LogP contribution in [0.1, 0.15) is 73.4 Å². The van der Waals surface area contributed by atoms with Gasteiger partial charge in [0.1, 0.15) is 12.3 Å². The van der Waals surface area contributed by atoms with Crippen molar-refractivity contribution in [2.75, 3.05) is 6.54 Å². The number of carbonyl (C=O) groups excluding carboxylic acids is 1. The van der Waals surface area contributed by atoms with Crippen molar-refractivity contribution in [2.45, 2.75) is 51.5 Å². The van der Waals surface area contributed by atoms with Gasteiger partial charge in [0.2, 0.25) is 5.89 Å². The molecule has 0 radical (unpaired) electrons. The average molecular weight is 329 g/mol. The number of nitrogens with zero attached hydrogens (tertiary/aromatic N) is 1. The molecule has 2 aromatic rings. The monoisotopic (exact) mass is 329 g/mol. The van der Waals surface area contributed by atoms with E-state index in [4.69, 9.17) is 10.2 Å². The minimum Gasteiger partial charge on any atom is -0.446 e. The lowest BCUT2D eigenvalue weighted by Gasteiger charge is -2.06. The Kier molecular flexibility index (Phi) is 7.49. The summed E-state index contributed by atoms with van der Waals surface area (Å²) >= 11 is 0. The summed E-state index contributed by atoms with van der Waals surface area (Å²) in [6.07, 6.45) is 8.53. The van der Waals surface area contributed by atoms with Crippen molar-refractivity contribution in [1.82, 2.24) is 10.3 Å². The van der Waals surface area contributed by atoms with E-state index in [1.807, 2.05) is 30.3 Å². The van der Waals surface area contributed by atoms with Crippen LogP contribution >= 0.6 is 0 Å². The Balaban J connectivity index is 1.77. The number of unbranched alkanes of at least 4 members (excludes halogenated alkanes) is 5. The van der Waals surface area contributed by atoms with Gasteiger partial charge in [0.25, 0.3) is 5.91 Å². The second-order valence-corrected chi connectivity index (χ2v) is 5.98. The largest absolute Gasteiger partial charge is 0.446 e. The van der Waals surface area contributed by atoms with Crippen LogP contribution in [0.25, 0.3) is 0 Å². The van der Waals surface area contributed by atoms with Gasteiger partial charge in [-0.05, 0) is 12.0 Å². The van der Waals surface area contributed by atoms with Crippen LogP contribution < -0.4 is 11.1 Å². The third kappa shape index (κ3) is 5.49. The molecule has 0 saturated carbocycles. The third-order valence-corrected chi connectivity index (χ3v) is 4.00. The SMILES string of the molecule is CCCCCCCCNC(=O)c1coc(C(N)c2ccccc2)n1. The number of nitrogens with two attached hydrogens (primary N) is 1. The quantitative estimate of drug-likeness (QED) is 0.649. The Bertz CT molecular complexity index is 610. The van der Waals surface area contributed by atoms with E-state index in [2.05, 4.69) is 17.2 Å². The van der Waals surface area contributed by atoms with Crippen LogP contribution in [-0.2, 0) is 0 Å². The van der Waals surface area contributed by atoms with Crippen LogP contribution in [-0.4, -0.2) is 17.4 Å². The van der Waals surface area contributed by atoms with Crippen molar-refractivity contribution >= 4 is 5.91 Å². The third-order valence-electron chi connectivity index (χ3n) is 4.00. The van der Waals surface area contributed by atoms with Crippen molar-refractivity contribution in [3.8, 4) is 0 Å². The van der Waals surface area contributed by atoms with Crippen molar-refractivity contribution in [3.05, 3.63) is 53.7 Å². The summed E-state index contributed by atoms with van der Waals surface area (Å²) in [6.45, 7) is 2.87. The zero-order valence-electron chi connectivity index (χ0n) is 14.3. The molecule has 0 spiro atoms. The molecular formula is C19H27N3O2. The molecule has 1 unspecified atom stereocenters. The standard InChI is InChI=1S/C19H27N3O2/c1-2-3-4-5-6-10-13-21-18(23)16-14-24-19(22-16)17(20)15-11-8-7-9-12-15/h7-9,11-12,14,17H,2-6,10,13,20H2,1H3,(H,21,23). The molecule has 1 aromatic heterocycles. The van der Waals surface area contributed by atoms with Crippen molar-refractivity contribution in [1.29, 1.82) is 0 Å². The second-order valence-electron chi connectivity index (χ2n) is 5.98. The van der Waals surface area contributed by atoms with Crippen molar-refractivity contribution in [3.63, 3.8) is 0 Å². The number of benzene rings is 1. The second kappa shape index (κ2) is 9.88. The van der Waals surface area contributed by atoms with E-state index in [0.29, 0.717) is 12.4 Å². The minimum atomic E-state index is -0.466. The highest BCUT2D eigenvalue weighted by Crippen LogP contribution is 2.18. The van der Waals surface area contributed by atoms with E-state index in [1.54, 1.807) is 0 Å². The van der Waals surface area contributed by atoms with Gasteiger partial charge in [0, 0.05) is 6.54 Å². The minimum absolute atomic E-state index is 0.209.